The Bertz CT molecular complexity index is 1200. The van der Waals surface area contributed by atoms with Gasteiger partial charge in [0.2, 0.25) is 0 Å². The van der Waals surface area contributed by atoms with Crippen LogP contribution in [0.4, 0.5) is 0 Å². The van der Waals surface area contributed by atoms with E-state index in [1.165, 1.54) is 25.7 Å². The molecule has 116 valence electrons. The predicted molar refractivity (Wildman–Crippen MR) is 107 cm³/mol. The van der Waals surface area contributed by atoms with E-state index in [-0.39, 0.29) is 0 Å². The first-order valence-electron chi connectivity index (χ1n) is 7.88. The second kappa shape index (κ2) is 5.73. The van der Waals surface area contributed by atoms with Gasteiger partial charge in [0.25, 0.3) is 0 Å². The molecule has 2 heterocycles. The average molecular weight is 327 g/mol. The van der Waals surface area contributed by atoms with Crippen LogP contribution in [-0.2, 0) is 0 Å². The summed E-state index contributed by atoms with van der Waals surface area (Å²) < 4.78 is 2.61. The van der Waals surface area contributed by atoms with Crippen molar-refractivity contribution in [3.05, 3.63) is 77.3 Å². The molecule has 0 spiro atoms. The minimum absolute atomic E-state index is 0.793. The molecule has 4 rings (SSSR count). The molecular weight excluding hydrogens is 310 g/mol. The highest BCUT2D eigenvalue weighted by molar-refractivity contribution is 7.25. The van der Waals surface area contributed by atoms with E-state index in [2.05, 4.69) is 68.6 Å². The molecule has 24 heavy (non-hydrogen) atoms. The number of benzene rings is 2. The van der Waals surface area contributed by atoms with Gasteiger partial charge in [0.15, 0.2) is 0 Å². The third-order valence-corrected chi connectivity index (χ3v) is 5.44. The number of pyridine rings is 1. The Morgan fingerprint density at radius 3 is 2.58 bits per heavy atom. The van der Waals surface area contributed by atoms with E-state index in [9.17, 15) is 0 Å². The van der Waals surface area contributed by atoms with Crippen LogP contribution < -0.4 is 10.6 Å². The lowest BCUT2D eigenvalue weighted by molar-refractivity contribution is 1.19. The van der Waals surface area contributed by atoms with Gasteiger partial charge in [-0.2, -0.15) is 0 Å². The van der Waals surface area contributed by atoms with Gasteiger partial charge in [-0.25, -0.2) is 4.98 Å². The molecule has 0 N–H and O–H groups in total. The number of aromatic nitrogens is 1. The fourth-order valence-electron chi connectivity index (χ4n) is 3.13. The van der Waals surface area contributed by atoms with E-state index >= 15 is 0 Å². The fraction of sp³-hybridized carbons (Fsp3) is 0.0455. The smallest absolute Gasteiger partial charge is 0.0712 e. The van der Waals surface area contributed by atoms with Gasteiger partial charge in [-0.05, 0) is 30.7 Å². The summed E-state index contributed by atoms with van der Waals surface area (Å²) in [4.78, 5) is 4.70. The van der Waals surface area contributed by atoms with E-state index in [4.69, 9.17) is 4.98 Å². The predicted octanol–water partition coefficient (Wildman–Crippen LogP) is 4.80. The summed E-state index contributed by atoms with van der Waals surface area (Å²) in [5.41, 5.74) is 3.27. The van der Waals surface area contributed by atoms with Crippen molar-refractivity contribution < 1.29 is 0 Å². The first-order valence-corrected chi connectivity index (χ1v) is 8.70. The number of aryl methyl sites for hydroxylation is 1. The van der Waals surface area contributed by atoms with Gasteiger partial charge in [0.05, 0.1) is 11.0 Å². The molecule has 0 bridgehead atoms. The third kappa shape index (κ3) is 2.36. The molecule has 0 radical (unpaired) electrons. The van der Waals surface area contributed by atoms with Crippen LogP contribution in [0.25, 0.3) is 44.1 Å². The summed E-state index contributed by atoms with van der Waals surface area (Å²) in [7, 11) is 0. The topological polar surface area (TPSA) is 12.9 Å². The highest BCUT2D eigenvalue weighted by atomic mass is 32.1. The number of fused-ring (bicyclic) bond motifs is 3. The van der Waals surface area contributed by atoms with Crippen LogP contribution in [0.5, 0.6) is 0 Å². The first kappa shape index (κ1) is 14.9. The summed E-state index contributed by atoms with van der Waals surface area (Å²) in [6, 6.07) is 17.3. The molecule has 4 aromatic rings. The van der Waals surface area contributed by atoms with E-state index in [0.717, 1.165) is 21.8 Å². The largest absolute Gasteiger partial charge is 0.248 e. The molecule has 2 aromatic heterocycles. The molecule has 2 heteroatoms. The lowest BCUT2D eigenvalue weighted by atomic mass is 10.1. The lowest BCUT2D eigenvalue weighted by Crippen LogP contribution is -2.29. The molecule has 0 saturated carbocycles. The van der Waals surface area contributed by atoms with Gasteiger partial charge in [0.1, 0.15) is 0 Å². The van der Waals surface area contributed by atoms with Gasteiger partial charge >= 0.3 is 0 Å². The van der Waals surface area contributed by atoms with Crippen LogP contribution in [0.2, 0.25) is 0 Å². The third-order valence-electron chi connectivity index (χ3n) is 4.30. The summed E-state index contributed by atoms with van der Waals surface area (Å²) in [6.45, 7) is 9.95. The number of rotatable bonds is 2. The zero-order valence-corrected chi connectivity index (χ0v) is 14.4. The minimum Gasteiger partial charge on any atom is -0.248 e. The molecule has 0 unspecified atom stereocenters. The van der Waals surface area contributed by atoms with Crippen LogP contribution >= 0.6 is 11.3 Å². The fourth-order valence-corrected chi connectivity index (χ4v) is 4.27. The molecule has 0 aliphatic rings. The molecular formula is C22H17NS. The summed E-state index contributed by atoms with van der Waals surface area (Å²) in [5, 5.41) is 4.47. The molecule has 0 aliphatic carbocycles. The van der Waals surface area contributed by atoms with Crippen molar-refractivity contribution in [1.82, 2.24) is 4.98 Å². The van der Waals surface area contributed by atoms with Crippen molar-refractivity contribution in [3.63, 3.8) is 0 Å². The Balaban J connectivity index is 1.94. The Morgan fingerprint density at radius 1 is 1.00 bits per heavy atom. The van der Waals surface area contributed by atoms with Crippen LogP contribution in [0, 0.1) is 6.92 Å². The second-order valence-corrected chi connectivity index (χ2v) is 6.98. The lowest BCUT2D eigenvalue weighted by Gasteiger charge is -2.04. The maximum Gasteiger partial charge on any atom is 0.0712 e. The van der Waals surface area contributed by atoms with Crippen molar-refractivity contribution >= 4 is 44.2 Å². The van der Waals surface area contributed by atoms with Gasteiger partial charge in [-0.1, -0.05) is 55.6 Å². The van der Waals surface area contributed by atoms with Crippen LogP contribution in [0.1, 0.15) is 5.56 Å². The summed E-state index contributed by atoms with van der Waals surface area (Å²) >= 11 is 1.83. The van der Waals surface area contributed by atoms with Crippen molar-refractivity contribution in [2.24, 2.45) is 0 Å². The Morgan fingerprint density at radius 2 is 1.79 bits per heavy atom. The van der Waals surface area contributed by atoms with Gasteiger partial charge in [0, 0.05) is 31.0 Å². The van der Waals surface area contributed by atoms with E-state index < -0.39 is 0 Å². The molecule has 0 amide bonds. The average Bonchev–Trinajstić information content (AvgIpc) is 2.95. The standard InChI is InChI=1S/C22H17NS/c1-4-7-17-14(2)12-20(23-15(17)3)16-10-11-19-18-8-5-6-9-21(18)24-22(19)13-16/h4-13H,1,3H2,2H3/b17-7-. The van der Waals surface area contributed by atoms with E-state index in [1.54, 1.807) is 6.08 Å². The molecule has 0 saturated heterocycles. The molecule has 0 atom stereocenters. The van der Waals surface area contributed by atoms with Gasteiger partial charge in [-0.3, -0.25) is 0 Å². The van der Waals surface area contributed by atoms with Gasteiger partial charge < -0.3 is 0 Å². The normalized spacial score (nSPS) is 12.1. The minimum atomic E-state index is 0.793. The summed E-state index contributed by atoms with van der Waals surface area (Å²) in [6.07, 6.45) is 3.74. The molecule has 2 aromatic carbocycles. The van der Waals surface area contributed by atoms with Crippen molar-refractivity contribution in [2.45, 2.75) is 6.92 Å². The van der Waals surface area contributed by atoms with Crippen molar-refractivity contribution in [2.75, 3.05) is 0 Å². The number of allylic oxidation sites excluding steroid dienone is 1. The van der Waals surface area contributed by atoms with Crippen molar-refractivity contribution in [1.29, 1.82) is 0 Å². The van der Waals surface area contributed by atoms with E-state index in [1.807, 2.05) is 17.4 Å². The number of nitrogens with zero attached hydrogens (tertiary/aromatic N) is 1. The monoisotopic (exact) mass is 327 g/mol. The zero-order chi connectivity index (χ0) is 16.7. The van der Waals surface area contributed by atoms with Gasteiger partial charge in [-0.15, -0.1) is 11.3 Å². The Kier molecular flexibility index (Phi) is 3.55. The maximum absolute atomic E-state index is 4.70. The number of thiophene rings is 1. The van der Waals surface area contributed by atoms with Crippen LogP contribution in [0.3, 0.4) is 0 Å². The van der Waals surface area contributed by atoms with Crippen LogP contribution in [0.15, 0.2) is 61.2 Å². The SMILES string of the molecule is C=C/C=c1/c(C)cc(-c2ccc3c(c2)sc2ccccc23)nc1=C. The second-order valence-electron chi connectivity index (χ2n) is 5.90. The zero-order valence-electron chi connectivity index (χ0n) is 13.5. The Labute approximate surface area is 144 Å². The Hall–Kier alpha value is -2.71. The highest BCUT2D eigenvalue weighted by Crippen LogP contribution is 2.35. The molecule has 1 nitrogen and oxygen atoms in total. The number of hydrogen-bond acceptors (Lipinski definition) is 2. The number of hydrogen-bond donors (Lipinski definition) is 0. The first-order chi connectivity index (χ1) is 11.7. The molecule has 0 fully saturated rings. The quantitative estimate of drug-likeness (QED) is 0.515. The highest BCUT2D eigenvalue weighted by Gasteiger charge is 2.07. The maximum atomic E-state index is 4.70. The molecule has 0 aliphatic heterocycles. The van der Waals surface area contributed by atoms with Crippen LogP contribution in [-0.4, -0.2) is 4.98 Å². The van der Waals surface area contributed by atoms with E-state index in [0.29, 0.717) is 0 Å². The van der Waals surface area contributed by atoms with Crippen molar-refractivity contribution in [3.8, 4) is 11.3 Å². The summed E-state index contributed by atoms with van der Waals surface area (Å²) in [5.74, 6) is 0.